The van der Waals surface area contributed by atoms with Gasteiger partial charge in [0.05, 0.1) is 12.2 Å². The van der Waals surface area contributed by atoms with Crippen LogP contribution in [0.1, 0.15) is 41.2 Å². The smallest absolute Gasteiger partial charge is 0.249 e. The summed E-state index contributed by atoms with van der Waals surface area (Å²) in [4.78, 5) is 18.6. The van der Waals surface area contributed by atoms with Crippen molar-refractivity contribution in [2.24, 2.45) is 0 Å². The third-order valence-corrected chi connectivity index (χ3v) is 5.13. The molecule has 0 saturated carbocycles. The van der Waals surface area contributed by atoms with Crippen LogP contribution in [0.25, 0.3) is 0 Å². The zero-order chi connectivity index (χ0) is 19.3. The van der Waals surface area contributed by atoms with Gasteiger partial charge in [0.25, 0.3) is 0 Å². The largest absolute Gasteiger partial charge is 0.486 e. The molecule has 1 aromatic heterocycles. The molecule has 26 heavy (non-hydrogen) atoms. The number of hydrogen-bond acceptors (Lipinski definition) is 5. The molecular weight excluding hydrogens is 348 g/mol. The molecule has 5 nitrogen and oxygen atoms in total. The molecule has 0 saturated heterocycles. The van der Waals surface area contributed by atoms with Gasteiger partial charge in [-0.25, -0.2) is 4.98 Å². The van der Waals surface area contributed by atoms with E-state index < -0.39 is 0 Å². The molecule has 0 N–H and O–H groups in total. The van der Waals surface area contributed by atoms with Gasteiger partial charge in [-0.1, -0.05) is 6.07 Å². The van der Waals surface area contributed by atoms with Crippen molar-refractivity contribution in [3.63, 3.8) is 0 Å². The Morgan fingerprint density at radius 1 is 1.27 bits per heavy atom. The van der Waals surface area contributed by atoms with Crippen molar-refractivity contribution in [2.75, 3.05) is 13.7 Å². The molecule has 0 spiro atoms. The number of thiazole rings is 1. The highest BCUT2D eigenvalue weighted by Crippen LogP contribution is 2.25. The third-order valence-electron chi connectivity index (χ3n) is 4.26. The molecule has 2 rings (SSSR count). The lowest BCUT2D eigenvalue weighted by Gasteiger charge is -2.25. The molecule has 2 aromatic rings. The Hall–Kier alpha value is -1.92. The highest BCUT2D eigenvalue weighted by Gasteiger charge is 2.18. The predicted octanol–water partition coefficient (Wildman–Crippen LogP) is 4.03. The van der Waals surface area contributed by atoms with Gasteiger partial charge in [0, 0.05) is 18.5 Å². The van der Waals surface area contributed by atoms with Crippen LogP contribution < -0.4 is 4.74 Å². The molecule has 0 aliphatic heterocycles. The second-order valence-electron chi connectivity index (χ2n) is 6.77. The normalized spacial score (nSPS) is 11.0. The quantitative estimate of drug-likeness (QED) is 0.698. The van der Waals surface area contributed by atoms with E-state index in [0.717, 1.165) is 22.0 Å². The number of aryl methyl sites for hydroxylation is 2. The van der Waals surface area contributed by atoms with E-state index in [9.17, 15) is 4.79 Å². The summed E-state index contributed by atoms with van der Waals surface area (Å²) in [5, 5.41) is 2.89. The number of nitrogens with zero attached hydrogens (tertiary/aromatic N) is 2. The summed E-state index contributed by atoms with van der Waals surface area (Å²) in [6.07, 6.45) is 0. The molecule has 1 aromatic carbocycles. The Bertz CT molecular complexity index is 756. The summed E-state index contributed by atoms with van der Waals surface area (Å²) in [6, 6.07) is 4.30. The van der Waals surface area contributed by atoms with E-state index in [1.807, 2.05) is 19.2 Å². The van der Waals surface area contributed by atoms with Crippen molar-refractivity contribution in [1.82, 2.24) is 9.88 Å². The van der Waals surface area contributed by atoms with Crippen LogP contribution in [0.15, 0.2) is 17.5 Å². The summed E-state index contributed by atoms with van der Waals surface area (Å²) in [7, 11) is 1.53. The highest BCUT2D eigenvalue weighted by atomic mass is 32.1. The van der Waals surface area contributed by atoms with Gasteiger partial charge in [0.1, 0.15) is 24.0 Å². The molecular formula is C20H28N2O3S. The lowest BCUT2D eigenvalue weighted by molar-refractivity contribution is -0.137. The van der Waals surface area contributed by atoms with Crippen LogP contribution in [0.5, 0.6) is 5.75 Å². The topological polar surface area (TPSA) is 51.7 Å². The summed E-state index contributed by atoms with van der Waals surface area (Å²) < 4.78 is 11.0. The van der Waals surface area contributed by atoms with E-state index in [0.29, 0.717) is 13.2 Å². The monoisotopic (exact) mass is 376 g/mol. The van der Waals surface area contributed by atoms with Gasteiger partial charge in [-0.15, -0.1) is 11.3 Å². The molecule has 0 atom stereocenters. The molecule has 0 fully saturated rings. The Balaban J connectivity index is 2.02. The molecule has 0 bridgehead atoms. The number of benzene rings is 1. The van der Waals surface area contributed by atoms with E-state index in [-0.39, 0.29) is 18.6 Å². The fourth-order valence-corrected chi connectivity index (χ4v) is 3.41. The van der Waals surface area contributed by atoms with Crippen molar-refractivity contribution in [2.45, 2.75) is 53.8 Å². The van der Waals surface area contributed by atoms with Gasteiger partial charge >= 0.3 is 0 Å². The van der Waals surface area contributed by atoms with Gasteiger partial charge < -0.3 is 14.4 Å². The minimum Gasteiger partial charge on any atom is -0.486 e. The van der Waals surface area contributed by atoms with E-state index in [4.69, 9.17) is 9.47 Å². The summed E-state index contributed by atoms with van der Waals surface area (Å²) in [5.74, 6) is 0.873. The van der Waals surface area contributed by atoms with Crippen LogP contribution in [0.3, 0.4) is 0 Å². The van der Waals surface area contributed by atoms with Crippen LogP contribution in [0, 0.1) is 20.8 Å². The molecule has 0 aliphatic rings. The van der Waals surface area contributed by atoms with E-state index >= 15 is 0 Å². The average molecular weight is 377 g/mol. The van der Waals surface area contributed by atoms with Crippen LogP contribution in [-0.2, 0) is 22.7 Å². The standard InChI is InChI=1S/C20H28N2O3S/c1-13(2)22(20(23)11-24-6)9-17-12-26-19(21-17)10-25-18-8-14(3)7-15(4)16(18)5/h7-8,12-13H,9-11H2,1-6H3. The van der Waals surface area contributed by atoms with Gasteiger partial charge in [-0.05, 0) is 57.4 Å². The zero-order valence-corrected chi connectivity index (χ0v) is 17.3. The summed E-state index contributed by atoms with van der Waals surface area (Å²) in [6.45, 7) is 11.2. The lowest BCUT2D eigenvalue weighted by atomic mass is 10.1. The molecule has 6 heteroatoms. The molecule has 1 heterocycles. The maximum Gasteiger partial charge on any atom is 0.249 e. The van der Waals surface area contributed by atoms with Gasteiger partial charge in [-0.3, -0.25) is 4.79 Å². The van der Waals surface area contributed by atoms with E-state index in [2.05, 4.69) is 37.9 Å². The first-order valence-corrected chi connectivity index (χ1v) is 9.62. The summed E-state index contributed by atoms with van der Waals surface area (Å²) in [5.41, 5.74) is 4.45. The SMILES string of the molecule is COCC(=O)N(Cc1csc(COc2cc(C)cc(C)c2C)n1)C(C)C. The number of rotatable bonds is 8. The lowest BCUT2D eigenvalue weighted by Crippen LogP contribution is -2.38. The number of aromatic nitrogens is 1. The molecule has 0 radical (unpaired) electrons. The number of hydrogen-bond donors (Lipinski definition) is 0. The minimum absolute atomic E-state index is 0.0286. The number of amides is 1. The zero-order valence-electron chi connectivity index (χ0n) is 16.5. The van der Waals surface area contributed by atoms with Gasteiger partial charge in [-0.2, -0.15) is 0 Å². The Morgan fingerprint density at radius 3 is 2.65 bits per heavy atom. The van der Waals surface area contributed by atoms with E-state index in [1.165, 1.54) is 18.2 Å². The third kappa shape index (κ3) is 5.29. The first kappa shape index (κ1) is 20.4. The first-order valence-electron chi connectivity index (χ1n) is 8.74. The predicted molar refractivity (Wildman–Crippen MR) is 105 cm³/mol. The fourth-order valence-electron chi connectivity index (χ4n) is 2.72. The highest BCUT2D eigenvalue weighted by molar-refractivity contribution is 7.09. The molecule has 0 unspecified atom stereocenters. The Morgan fingerprint density at radius 2 is 2.00 bits per heavy atom. The minimum atomic E-state index is -0.0286. The van der Waals surface area contributed by atoms with Crippen molar-refractivity contribution in [3.05, 3.63) is 44.9 Å². The van der Waals surface area contributed by atoms with Crippen LogP contribution in [0.2, 0.25) is 0 Å². The number of methoxy groups -OCH3 is 1. The van der Waals surface area contributed by atoms with Crippen molar-refractivity contribution in [3.8, 4) is 5.75 Å². The second kappa shape index (κ2) is 9.14. The van der Waals surface area contributed by atoms with Crippen molar-refractivity contribution >= 4 is 17.2 Å². The molecule has 1 amide bonds. The Labute approximate surface area is 160 Å². The maximum absolute atomic E-state index is 12.2. The van der Waals surface area contributed by atoms with Crippen LogP contribution in [0.4, 0.5) is 0 Å². The first-order chi connectivity index (χ1) is 12.3. The maximum atomic E-state index is 12.2. The molecule has 0 aliphatic carbocycles. The van der Waals surface area contributed by atoms with E-state index in [1.54, 1.807) is 16.2 Å². The van der Waals surface area contributed by atoms with Crippen molar-refractivity contribution in [1.29, 1.82) is 0 Å². The second-order valence-corrected chi connectivity index (χ2v) is 7.72. The fraction of sp³-hybridized carbons (Fsp3) is 0.500. The van der Waals surface area contributed by atoms with Crippen LogP contribution >= 0.6 is 11.3 Å². The Kier molecular flexibility index (Phi) is 7.17. The average Bonchev–Trinajstić information content (AvgIpc) is 3.02. The number of ether oxygens (including phenoxy) is 2. The number of carbonyl (C=O) groups is 1. The van der Waals surface area contributed by atoms with Gasteiger partial charge in [0.15, 0.2) is 0 Å². The van der Waals surface area contributed by atoms with Crippen LogP contribution in [-0.4, -0.2) is 35.5 Å². The van der Waals surface area contributed by atoms with Crippen molar-refractivity contribution < 1.29 is 14.3 Å². The number of carbonyl (C=O) groups excluding carboxylic acids is 1. The summed E-state index contributed by atoms with van der Waals surface area (Å²) >= 11 is 1.56. The molecule has 142 valence electrons. The van der Waals surface area contributed by atoms with Gasteiger partial charge in [0.2, 0.25) is 5.91 Å².